The Bertz CT molecular complexity index is 989. The van der Waals surface area contributed by atoms with Gasteiger partial charge in [-0.15, -0.1) is 0 Å². The molecule has 1 aromatic heterocycles. The average Bonchev–Trinajstić information content (AvgIpc) is 2.96. The Balaban J connectivity index is 2.01. The van der Waals surface area contributed by atoms with E-state index in [0.29, 0.717) is 37.8 Å². The number of ketones is 1. The van der Waals surface area contributed by atoms with Gasteiger partial charge in [0.1, 0.15) is 5.71 Å². The van der Waals surface area contributed by atoms with E-state index < -0.39 is 0 Å². The first kappa shape index (κ1) is 13.4. The molecule has 4 nitrogen and oxygen atoms in total. The van der Waals surface area contributed by atoms with Gasteiger partial charge in [-0.25, -0.2) is 4.99 Å². The van der Waals surface area contributed by atoms with Crippen LogP contribution < -0.4 is 0 Å². The predicted molar refractivity (Wildman–Crippen MR) is 87.0 cm³/mol. The fraction of sp³-hybridized carbons (Fsp3) is 0. The summed E-state index contributed by atoms with van der Waals surface area (Å²) in [5.41, 5.74) is 2.13. The highest BCUT2D eigenvalue weighted by Gasteiger charge is 2.30. The maximum Gasteiger partial charge on any atom is 0.214 e. The number of hydrogen-bond acceptors (Lipinski definition) is 3. The minimum Gasteiger partial charge on any atom is -0.494 e. The number of aromatic nitrogens is 1. The van der Waals surface area contributed by atoms with Gasteiger partial charge >= 0.3 is 0 Å². The van der Waals surface area contributed by atoms with Gasteiger partial charge in [0, 0.05) is 16.0 Å². The van der Waals surface area contributed by atoms with E-state index in [-0.39, 0.29) is 17.4 Å². The Morgan fingerprint density at radius 1 is 1.14 bits per heavy atom. The molecular weight excluding hydrogens is 323 g/mol. The van der Waals surface area contributed by atoms with Crippen molar-refractivity contribution in [2.24, 2.45) is 4.99 Å². The lowest BCUT2D eigenvalue weighted by Crippen LogP contribution is -2.10. The Labute approximate surface area is 135 Å². The van der Waals surface area contributed by atoms with Gasteiger partial charge in [-0.3, -0.25) is 4.79 Å². The number of aromatic amines is 1. The van der Waals surface area contributed by atoms with Crippen molar-refractivity contribution < 1.29 is 9.90 Å². The second-order valence-corrected chi connectivity index (χ2v) is 5.81. The molecule has 0 saturated heterocycles. The van der Waals surface area contributed by atoms with Crippen molar-refractivity contribution in [1.82, 2.24) is 4.98 Å². The van der Waals surface area contributed by atoms with Gasteiger partial charge in [-0.1, -0.05) is 35.3 Å². The summed E-state index contributed by atoms with van der Waals surface area (Å²) in [6, 6.07) is 10.2. The number of halogens is 2. The van der Waals surface area contributed by atoms with Crippen LogP contribution in [0.1, 0.15) is 15.9 Å². The smallest absolute Gasteiger partial charge is 0.214 e. The van der Waals surface area contributed by atoms with Crippen LogP contribution in [0.25, 0.3) is 10.9 Å². The van der Waals surface area contributed by atoms with Gasteiger partial charge in [0.25, 0.3) is 0 Å². The Kier molecular flexibility index (Phi) is 2.79. The van der Waals surface area contributed by atoms with Crippen LogP contribution in [-0.4, -0.2) is 21.6 Å². The molecule has 2 heterocycles. The summed E-state index contributed by atoms with van der Waals surface area (Å²) in [4.78, 5) is 19.7. The van der Waals surface area contributed by atoms with Crippen LogP contribution in [0.15, 0.2) is 41.4 Å². The van der Waals surface area contributed by atoms with Crippen LogP contribution in [0.5, 0.6) is 5.88 Å². The molecule has 0 amide bonds. The average molecular weight is 331 g/mol. The van der Waals surface area contributed by atoms with Crippen LogP contribution in [0, 0.1) is 0 Å². The molecule has 108 valence electrons. The first-order valence-corrected chi connectivity index (χ1v) is 7.24. The van der Waals surface area contributed by atoms with Crippen molar-refractivity contribution in [1.29, 1.82) is 0 Å². The fourth-order valence-electron chi connectivity index (χ4n) is 2.70. The van der Waals surface area contributed by atoms with Crippen LogP contribution in [0.2, 0.25) is 10.0 Å². The molecule has 1 aliphatic rings. The largest absolute Gasteiger partial charge is 0.494 e. The Morgan fingerprint density at radius 2 is 1.91 bits per heavy atom. The molecule has 0 bridgehead atoms. The molecule has 2 aromatic carbocycles. The summed E-state index contributed by atoms with van der Waals surface area (Å²) >= 11 is 12.2. The molecule has 2 N–H and O–H groups in total. The molecule has 3 aromatic rings. The molecule has 0 fully saturated rings. The third-order valence-electron chi connectivity index (χ3n) is 3.63. The predicted octanol–water partition coefficient (Wildman–Crippen LogP) is 4.50. The molecule has 0 atom stereocenters. The SMILES string of the molecule is O=C1C(c2c(O)[nH]c3cc(Cl)cc(Cl)c23)=Nc2ccccc21. The lowest BCUT2D eigenvalue weighted by Gasteiger charge is -2.01. The van der Waals surface area contributed by atoms with Gasteiger partial charge in [-0.2, -0.15) is 0 Å². The fourth-order valence-corrected chi connectivity index (χ4v) is 3.28. The highest BCUT2D eigenvalue weighted by Crippen LogP contribution is 2.39. The maximum absolute atomic E-state index is 12.5. The van der Waals surface area contributed by atoms with Crippen molar-refractivity contribution in [3.8, 4) is 5.88 Å². The summed E-state index contributed by atoms with van der Waals surface area (Å²) in [6.45, 7) is 0. The topological polar surface area (TPSA) is 65.4 Å². The Hall–Kier alpha value is -2.30. The number of H-pyrrole nitrogens is 1. The van der Waals surface area contributed by atoms with Crippen LogP contribution in [0.3, 0.4) is 0 Å². The third kappa shape index (κ3) is 1.78. The normalized spacial score (nSPS) is 13.5. The van der Waals surface area contributed by atoms with Crippen molar-refractivity contribution in [3.63, 3.8) is 0 Å². The van der Waals surface area contributed by atoms with Gasteiger partial charge in [0.05, 0.1) is 21.8 Å². The van der Waals surface area contributed by atoms with Crippen molar-refractivity contribution >= 4 is 51.3 Å². The van der Waals surface area contributed by atoms with Crippen LogP contribution in [-0.2, 0) is 0 Å². The number of nitrogens with one attached hydrogen (secondary N) is 1. The number of Topliss-reactive ketones (excluding diaryl/α,β-unsaturated/α-hetero) is 1. The van der Waals surface area contributed by atoms with Crippen molar-refractivity contribution in [2.75, 3.05) is 0 Å². The minimum atomic E-state index is -0.238. The monoisotopic (exact) mass is 330 g/mol. The van der Waals surface area contributed by atoms with Crippen LogP contribution in [0.4, 0.5) is 5.69 Å². The number of nitrogens with zero attached hydrogens (tertiary/aromatic N) is 1. The lowest BCUT2D eigenvalue weighted by atomic mass is 10.0. The number of aliphatic imine (C=N–C) groups is 1. The Morgan fingerprint density at radius 3 is 2.68 bits per heavy atom. The van der Waals surface area contributed by atoms with E-state index in [1.54, 1.807) is 36.4 Å². The molecule has 0 saturated carbocycles. The van der Waals surface area contributed by atoms with Gasteiger partial charge < -0.3 is 10.1 Å². The lowest BCUT2D eigenvalue weighted by molar-refractivity contribution is 0.107. The van der Waals surface area contributed by atoms with E-state index >= 15 is 0 Å². The molecule has 0 unspecified atom stereocenters. The van der Waals surface area contributed by atoms with E-state index in [4.69, 9.17) is 23.2 Å². The highest BCUT2D eigenvalue weighted by atomic mass is 35.5. The molecule has 0 aliphatic carbocycles. The quantitative estimate of drug-likeness (QED) is 0.690. The second-order valence-electron chi connectivity index (χ2n) is 4.97. The number of fused-ring (bicyclic) bond motifs is 2. The summed E-state index contributed by atoms with van der Waals surface area (Å²) < 4.78 is 0. The molecule has 6 heteroatoms. The molecule has 0 radical (unpaired) electrons. The number of rotatable bonds is 1. The number of benzene rings is 2. The minimum absolute atomic E-state index is 0.154. The van der Waals surface area contributed by atoms with E-state index in [1.165, 1.54) is 0 Å². The van der Waals surface area contributed by atoms with Crippen molar-refractivity contribution in [2.45, 2.75) is 0 Å². The van der Waals surface area contributed by atoms with Crippen molar-refractivity contribution in [3.05, 3.63) is 57.6 Å². The van der Waals surface area contributed by atoms with E-state index in [1.807, 2.05) is 0 Å². The second kappa shape index (κ2) is 4.60. The molecular formula is C16H8Cl2N2O2. The number of aromatic hydroxyl groups is 1. The first-order valence-electron chi connectivity index (χ1n) is 6.48. The number of hydrogen-bond donors (Lipinski definition) is 2. The molecule has 4 rings (SSSR count). The zero-order valence-corrected chi connectivity index (χ0v) is 12.5. The third-order valence-corrected chi connectivity index (χ3v) is 4.14. The van der Waals surface area contributed by atoms with Gasteiger partial charge in [0.2, 0.25) is 5.78 Å². The standard InChI is InChI=1S/C16H8Cl2N2O2/c17-7-5-9(18)12-11(6-7)20-16(22)13(12)14-15(21)8-3-1-2-4-10(8)19-14/h1-6,20,22H. The molecule has 0 spiro atoms. The van der Waals surface area contributed by atoms with Gasteiger partial charge in [-0.05, 0) is 24.3 Å². The van der Waals surface area contributed by atoms with E-state index in [9.17, 15) is 9.90 Å². The summed E-state index contributed by atoms with van der Waals surface area (Å²) in [6.07, 6.45) is 0. The van der Waals surface area contributed by atoms with E-state index in [2.05, 4.69) is 9.98 Å². The van der Waals surface area contributed by atoms with E-state index in [0.717, 1.165) is 0 Å². The first-order chi connectivity index (χ1) is 10.6. The zero-order valence-electron chi connectivity index (χ0n) is 11.0. The number of para-hydroxylation sites is 1. The summed E-state index contributed by atoms with van der Waals surface area (Å²) in [5.74, 6) is -0.392. The number of carbonyl (C=O) groups is 1. The molecule has 1 aliphatic heterocycles. The summed E-state index contributed by atoms with van der Waals surface area (Å²) in [7, 11) is 0. The zero-order chi connectivity index (χ0) is 15.4. The highest BCUT2D eigenvalue weighted by molar-refractivity contribution is 6.57. The van der Waals surface area contributed by atoms with Gasteiger partial charge in [0.15, 0.2) is 5.88 Å². The summed E-state index contributed by atoms with van der Waals surface area (Å²) in [5, 5.41) is 11.5. The maximum atomic E-state index is 12.5. The van der Waals surface area contributed by atoms with Crippen LogP contribution >= 0.6 is 23.2 Å². The number of carbonyl (C=O) groups excluding carboxylic acids is 1. The molecule has 22 heavy (non-hydrogen) atoms.